The monoisotopic (exact) mass is 231 g/mol. The maximum Gasteiger partial charge on any atom is 0.269 e. The number of hydrogen-bond donors (Lipinski definition) is 1. The second kappa shape index (κ2) is 4.17. The average Bonchev–Trinajstić information content (AvgIpc) is 2.70. The molecule has 0 atom stereocenters. The molecule has 1 heterocycles. The number of aromatic nitrogens is 2. The van der Waals surface area contributed by atoms with Crippen LogP contribution >= 0.6 is 0 Å². The highest BCUT2D eigenvalue weighted by atomic mass is 16.6. The summed E-state index contributed by atoms with van der Waals surface area (Å²) < 4.78 is 0. The molecule has 0 spiro atoms. The number of carbonyl (C=O) groups is 1. The number of nitrogens with one attached hydrogen (secondary N) is 1. The van der Waals surface area contributed by atoms with Crippen molar-refractivity contribution in [1.82, 2.24) is 9.97 Å². The van der Waals surface area contributed by atoms with E-state index in [1.807, 2.05) is 0 Å². The minimum atomic E-state index is -0.464. The summed E-state index contributed by atoms with van der Waals surface area (Å²) in [5.74, 6) is 0.527. The fourth-order valence-electron chi connectivity index (χ4n) is 1.47. The van der Waals surface area contributed by atoms with E-state index in [4.69, 9.17) is 0 Å². The number of non-ortho nitro benzene ring substituents is 1. The maximum absolute atomic E-state index is 10.6. The second-order valence-corrected chi connectivity index (χ2v) is 3.52. The van der Waals surface area contributed by atoms with Crippen LogP contribution < -0.4 is 0 Å². The zero-order valence-corrected chi connectivity index (χ0v) is 9.01. The fraction of sp³-hybridized carbons (Fsp3) is 0.0909. The van der Waals surface area contributed by atoms with E-state index in [0.29, 0.717) is 29.1 Å². The molecule has 2 aromatic rings. The lowest BCUT2D eigenvalue weighted by molar-refractivity contribution is -0.384. The van der Waals surface area contributed by atoms with Crippen molar-refractivity contribution in [1.29, 1.82) is 0 Å². The van der Waals surface area contributed by atoms with Gasteiger partial charge in [0.05, 0.1) is 4.92 Å². The van der Waals surface area contributed by atoms with Crippen LogP contribution in [-0.2, 0) is 0 Å². The highest BCUT2D eigenvalue weighted by Crippen LogP contribution is 2.20. The van der Waals surface area contributed by atoms with Crippen molar-refractivity contribution in [3.63, 3.8) is 0 Å². The van der Waals surface area contributed by atoms with E-state index in [0.717, 1.165) is 0 Å². The third kappa shape index (κ3) is 2.05. The van der Waals surface area contributed by atoms with Crippen LogP contribution in [0.3, 0.4) is 0 Å². The Balaban J connectivity index is 2.39. The molecule has 6 heteroatoms. The number of aromatic amines is 1. The smallest absolute Gasteiger partial charge is 0.269 e. The largest absolute Gasteiger partial charge is 0.341 e. The molecular formula is C11H9N3O3. The number of nitrogens with zero attached hydrogens (tertiary/aromatic N) is 2. The summed E-state index contributed by atoms with van der Waals surface area (Å²) in [5.41, 5.74) is 1.74. The third-order valence-corrected chi connectivity index (χ3v) is 2.39. The summed E-state index contributed by atoms with van der Waals surface area (Å²) in [6.45, 7) is 1.74. The molecule has 1 N–H and O–H groups in total. The van der Waals surface area contributed by atoms with Crippen LogP contribution in [0.5, 0.6) is 0 Å². The fourth-order valence-corrected chi connectivity index (χ4v) is 1.47. The number of H-pyrrole nitrogens is 1. The molecular weight excluding hydrogens is 222 g/mol. The van der Waals surface area contributed by atoms with Gasteiger partial charge in [0.2, 0.25) is 0 Å². The van der Waals surface area contributed by atoms with Crippen molar-refractivity contribution in [3.05, 3.63) is 45.8 Å². The number of carbonyl (C=O) groups excluding carboxylic acids is 1. The van der Waals surface area contributed by atoms with Crippen LogP contribution in [-0.4, -0.2) is 21.2 Å². The molecule has 0 aliphatic rings. The van der Waals surface area contributed by atoms with E-state index < -0.39 is 4.92 Å². The highest BCUT2D eigenvalue weighted by Gasteiger charge is 2.09. The Hall–Kier alpha value is -2.50. The van der Waals surface area contributed by atoms with E-state index in [9.17, 15) is 14.9 Å². The Labute approximate surface area is 96.5 Å². The van der Waals surface area contributed by atoms with Crippen LogP contribution in [0.1, 0.15) is 16.2 Å². The average molecular weight is 231 g/mol. The summed E-state index contributed by atoms with van der Waals surface area (Å²) in [7, 11) is 0. The molecule has 0 aliphatic heterocycles. The van der Waals surface area contributed by atoms with Crippen molar-refractivity contribution in [3.8, 4) is 11.4 Å². The van der Waals surface area contributed by atoms with Gasteiger partial charge in [-0.15, -0.1) is 0 Å². The van der Waals surface area contributed by atoms with Crippen molar-refractivity contribution < 1.29 is 9.72 Å². The van der Waals surface area contributed by atoms with Crippen LogP contribution in [0.2, 0.25) is 0 Å². The Bertz CT molecular complexity index is 572. The first-order chi connectivity index (χ1) is 8.11. The minimum Gasteiger partial charge on any atom is -0.341 e. The summed E-state index contributed by atoms with van der Waals surface area (Å²) in [4.78, 5) is 27.7. The van der Waals surface area contributed by atoms with Crippen LogP contribution in [0.4, 0.5) is 5.69 Å². The lowest BCUT2D eigenvalue weighted by Gasteiger charge is -1.95. The Morgan fingerprint density at radius 2 is 2.00 bits per heavy atom. The molecule has 1 aromatic heterocycles. The van der Waals surface area contributed by atoms with Gasteiger partial charge in [0.15, 0.2) is 6.29 Å². The Morgan fingerprint density at radius 1 is 1.35 bits per heavy atom. The van der Waals surface area contributed by atoms with Crippen molar-refractivity contribution in [2.24, 2.45) is 0 Å². The maximum atomic E-state index is 10.6. The zero-order valence-electron chi connectivity index (χ0n) is 9.01. The van der Waals surface area contributed by atoms with Gasteiger partial charge < -0.3 is 4.98 Å². The standard InChI is InChI=1S/C11H9N3O3/c1-7-10(6-15)13-11(12-7)8-2-4-9(5-3-8)14(16)17/h2-6H,1H3,(H,12,13). The summed E-state index contributed by atoms with van der Waals surface area (Å²) in [5, 5.41) is 10.5. The molecule has 0 amide bonds. The first-order valence-corrected chi connectivity index (χ1v) is 4.88. The topological polar surface area (TPSA) is 88.9 Å². The molecule has 0 unspecified atom stereocenters. The lowest BCUT2D eigenvalue weighted by atomic mass is 10.2. The summed E-state index contributed by atoms with van der Waals surface area (Å²) in [6, 6.07) is 5.97. The summed E-state index contributed by atoms with van der Waals surface area (Å²) >= 11 is 0. The van der Waals surface area contributed by atoms with Gasteiger partial charge in [0.1, 0.15) is 11.5 Å². The van der Waals surface area contributed by atoms with Gasteiger partial charge in [-0.2, -0.15) is 0 Å². The van der Waals surface area contributed by atoms with Crippen molar-refractivity contribution in [2.45, 2.75) is 6.92 Å². The number of imidazole rings is 1. The molecule has 2 rings (SSSR count). The van der Waals surface area contributed by atoms with Crippen LogP contribution in [0.15, 0.2) is 24.3 Å². The molecule has 0 saturated heterocycles. The number of hydrogen-bond acceptors (Lipinski definition) is 4. The molecule has 0 saturated carbocycles. The van der Waals surface area contributed by atoms with Gasteiger partial charge in [0, 0.05) is 23.4 Å². The van der Waals surface area contributed by atoms with Gasteiger partial charge in [-0.3, -0.25) is 14.9 Å². The SMILES string of the molecule is Cc1[nH]c(-c2ccc([N+](=O)[O-])cc2)nc1C=O. The van der Waals surface area contributed by atoms with Crippen LogP contribution in [0, 0.1) is 17.0 Å². The predicted molar refractivity (Wildman–Crippen MR) is 60.8 cm³/mol. The van der Waals surface area contributed by atoms with E-state index >= 15 is 0 Å². The molecule has 86 valence electrons. The number of rotatable bonds is 3. The molecule has 17 heavy (non-hydrogen) atoms. The van der Waals surface area contributed by atoms with Gasteiger partial charge in [-0.1, -0.05) is 0 Å². The Kier molecular flexibility index (Phi) is 2.70. The first kappa shape index (κ1) is 11.0. The normalized spacial score (nSPS) is 10.2. The quantitative estimate of drug-likeness (QED) is 0.497. The van der Waals surface area contributed by atoms with E-state index in [1.165, 1.54) is 12.1 Å². The lowest BCUT2D eigenvalue weighted by Crippen LogP contribution is -1.88. The van der Waals surface area contributed by atoms with Gasteiger partial charge in [0.25, 0.3) is 5.69 Å². The molecule has 6 nitrogen and oxygen atoms in total. The number of aldehydes is 1. The van der Waals surface area contributed by atoms with Crippen molar-refractivity contribution >= 4 is 12.0 Å². The van der Waals surface area contributed by atoms with E-state index in [-0.39, 0.29) is 5.69 Å². The second-order valence-electron chi connectivity index (χ2n) is 3.52. The third-order valence-electron chi connectivity index (χ3n) is 2.39. The van der Waals surface area contributed by atoms with Gasteiger partial charge in [-0.05, 0) is 19.1 Å². The number of nitro groups is 1. The molecule has 0 radical (unpaired) electrons. The number of nitro benzene ring substituents is 1. The van der Waals surface area contributed by atoms with Crippen LogP contribution in [0.25, 0.3) is 11.4 Å². The minimum absolute atomic E-state index is 0.0210. The zero-order chi connectivity index (χ0) is 12.4. The number of benzene rings is 1. The first-order valence-electron chi connectivity index (χ1n) is 4.88. The molecule has 1 aromatic carbocycles. The van der Waals surface area contributed by atoms with E-state index in [2.05, 4.69) is 9.97 Å². The molecule has 0 bridgehead atoms. The van der Waals surface area contributed by atoms with Gasteiger partial charge in [-0.25, -0.2) is 4.98 Å². The number of aryl methyl sites for hydroxylation is 1. The van der Waals surface area contributed by atoms with E-state index in [1.54, 1.807) is 19.1 Å². The van der Waals surface area contributed by atoms with Crippen molar-refractivity contribution in [2.75, 3.05) is 0 Å². The molecule has 0 fully saturated rings. The molecule has 0 aliphatic carbocycles. The summed E-state index contributed by atoms with van der Waals surface area (Å²) in [6.07, 6.45) is 0.667. The predicted octanol–water partition coefficient (Wildman–Crippen LogP) is 2.11. The highest BCUT2D eigenvalue weighted by molar-refractivity contribution is 5.75. The van der Waals surface area contributed by atoms with Gasteiger partial charge >= 0.3 is 0 Å². The Morgan fingerprint density at radius 3 is 2.47 bits per heavy atom.